The zero-order valence-corrected chi connectivity index (χ0v) is 14.6. The largest absolute Gasteiger partial charge is 0.386 e. The summed E-state index contributed by atoms with van der Waals surface area (Å²) in [6, 6.07) is 0. The normalized spacial score (nSPS) is 27.7. The third-order valence-electron chi connectivity index (χ3n) is 3.69. The van der Waals surface area contributed by atoms with Crippen LogP contribution in [0, 0.1) is 0 Å². The molecule has 2 aromatic rings. The lowest BCUT2D eigenvalue weighted by molar-refractivity contribution is -0.0560. The Kier molecular flexibility index (Phi) is 4.82. The number of aliphatic hydroxyl groups is 1. The van der Waals surface area contributed by atoms with E-state index < -0.39 is 24.5 Å². The quantitative estimate of drug-likeness (QED) is 0.550. The van der Waals surface area contributed by atoms with Crippen molar-refractivity contribution in [1.82, 2.24) is 19.5 Å². The van der Waals surface area contributed by atoms with E-state index in [2.05, 4.69) is 20.3 Å². The predicted octanol–water partition coefficient (Wildman–Crippen LogP) is -0.199. The Morgan fingerprint density at radius 3 is 3.04 bits per heavy atom. The number of rotatable bonds is 5. The first-order valence-electron chi connectivity index (χ1n) is 6.85. The molecule has 1 fully saturated rings. The van der Waals surface area contributed by atoms with Crippen molar-refractivity contribution in [1.29, 1.82) is 0 Å². The van der Waals surface area contributed by atoms with Gasteiger partial charge in [-0.25, -0.2) is 4.98 Å². The van der Waals surface area contributed by atoms with Crippen molar-refractivity contribution in [2.75, 3.05) is 26.1 Å². The van der Waals surface area contributed by atoms with Gasteiger partial charge in [-0.3, -0.25) is 14.3 Å². The van der Waals surface area contributed by atoms with Crippen LogP contribution >= 0.6 is 23.0 Å². The van der Waals surface area contributed by atoms with Crippen LogP contribution in [-0.4, -0.2) is 63.7 Å². The van der Waals surface area contributed by atoms with Crippen molar-refractivity contribution in [3.05, 3.63) is 16.7 Å². The van der Waals surface area contributed by atoms with Gasteiger partial charge in [-0.2, -0.15) is 4.98 Å². The predicted molar refractivity (Wildman–Crippen MR) is 88.4 cm³/mol. The lowest BCUT2D eigenvalue weighted by atomic mass is 10.1. The van der Waals surface area contributed by atoms with Crippen molar-refractivity contribution >= 4 is 40.1 Å². The number of H-pyrrole nitrogens is 1. The number of nitrogens with zero attached hydrogens (tertiary/aromatic N) is 3. The minimum Gasteiger partial charge on any atom is -0.386 e. The third kappa shape index (κ3) is 2.82. The molecular formula is C12H16IN5O5. The van der Waals surface area contributed by atoms with Gasteiger partial charge >= 0.3 is 0 Å². The molecule has 0 aromatic carbocycles. The Morgan fingerprint density at radius 1 is 1.61 bits per heavy atom. The van der Waals surface area contributed by atoms with E-state index in [0.717, 1.165) is 0 Å². The molecule has 1 aliphatic rings. The number of hydrogen-bond acceptors (Lipinski definition) is 8. The van der Waals surface area contributed by atoms with Crippen molar-refractivity contribution in [3.8, 4) is 0 Å². The van der Waals surface area contributed by atoms with Gasteiger partial charge < -0.3 is 23.0 Å². The number of fused-ring (bicyclic) bond motifs is 1. The summed E-state index contributed by atoms with van der Waals surface area (Å²) in [5, 5.41) is 13.3. The molecule has 1 saturated heterocycles. The van der Waals surface area contributed by atoms with E-state index >= 15 is 0 Å². The standard InChI is InChI=1S/C12H16IN5O5/c1-14-12-16-9-6(10(20)17-12)15-4-18(9)11-7(19)8(23-13)5(22-11)3-21-2/h4-5,7-8,11,19H,3H2,1-2H3,(H2,14,16,17,20)/t5-,7?,8?,11-/m1/s1. The Labute approximate surface area is 144 Å². The second kappa shape index (κ2) is 6.68. The average Bonchev–Trinajstić information content (AvgIpc) is 3.09. The number of nitrogens with one attached hydrogen (secondary N) is 2. The van der Waals surface area contributed by atoms with E-state index in [9.17, 15) is 9.90 Å². The summed E-state index contributed by atoms with van der Waals surface area (Å²) in [6.45, 7) is 0.267. The molecule has 2 unspecified atom stereocenters. The summed E-state index contributed by atoms with van der Waals surface area (Å²) >= 11 is 1.72. The van der Waals surface area contributed by atoms with Crippen LogP contribution in [0.5, 0.6) is 0 Å². The highest BCUT2D eigenvalue weighted by Gasteiger charge is 2.46. The zero-order chi connectivity index (χ0) is 16.6. The fourth-order valence-electron chi connectivity index (χ4n) is 2.59. The smallest absolute Gasteiger partial charge is 0.280 e. The van der Waals surface area contributed by atoms with Gasteiger partial charge in [0.2, 0.25) is 5.95 Å². The number of aromatic nitrogens is 4. The monoisotopic (exact) mass is 437 g/mol. The fourth-order valence-corrected chi connectivity index (χ4v) is 3.22. The zero-order valence-electron chi connectivity index (χ0n) is 12.4. The third-order valence-corrected chi connectivity index (χ3v) is 4.27. The maximum Gasteiger partial charge on any atom is 0.280 e. The van der Waals surface area contributed by atoms with Crippen LogP contribution in [0.3, 0.4) is 0 Å². The maximum atomic E-state index is 12.0. The molecule has 0 amide bonds. The number of aromatic amines is 1. The molecule has 11 heteroatoms. The highest BCUT2D eigenvalue weighted by molar-refractivity contribution is 14.1. The first-order valence-corrected chi connectivity index (χ1v) is 7.73. The Morgan fingerprint density at radius 2 is 2.39 bits per heavy atom. The van der Waals surface area contributed by atoms with Gasteiger partial charge in [0.25, 0.3) is 5.56 Å². The molecule has 23 heavy (non-hydrogen) atoms. The first kappa shape index (κ1) is 16.6. The second-order valence-electron chi connectivity index (χ2n) is 5.05. The van der Waals surface area contributed by atoms with Crippen LogP contribution in [0.25, 0.3) is 11.2 Å². The van der Waals surface area contributed by atoms with Gasteiger partial charge in [-0.05, 0) is 0 Å². The van der Waals surface area contributed by atoms with E-state index in [0.29, 0.717) is 11.6 Å². The van der Waals surface area contributed by atoms with Crippen molar-refractivity contribution in [2.24, 2.45) is 0 Å². The first-order chi connectivity index (χ1) is 11.1. The molecule has 0 bridgehead atoms. The highest BCUT2D eigenvalue weighted by atomic mass is 127. The van der Waals surface area contributed by atoms with Crippen molar-refractivity contribution in [2.45, 2.75) is 24.5 Å². The van der Waals surface area contributed by atoms with Crippen LogP contribution in [-0.2, 0) is 12.5 Å². The number of imidazole rings is 1. The molecule has 0 radical (unpaired) electrons. The van der Waals surface area contributed by atoms with Crippen molar-refractivity contribution in [3.63, 3.8) is 0 Å². The van der Waals surface area contributed by atoms with E-state index in [1.54, 1.807) is 37.2 Å². The molecule has 0 spiro atoms. The van der Waals surface area contributed by atoms with Crippen LogP contribution in [0.4, 0.5) is 5.95 Å². The van der Waals surface area contributed by atoms with Crippen LogP contribution in [0.1, 0.15) is 6.23 Å². The lowest BCUT2D eigenvalue weighted by Gasteiger charge is -2.17. The van der Waals surface area contributed by atoms with Gasteiger partial charge in [-0.15, -0.1) is 0 Å². The number of ether oxygens (including phenoxy) is 2. The molecule has 0 aliphatic carbocycles. The van der Waals surface area contributed by atoms with Gasteiger partial charge in [0.15, 0.2) is 17.4 Å². The summed E-state index contributed by atoms with van der Waals surface area (Å²) in [5.41, 5.74) is 0.107. The molecule has 0 saturated carbocycles. The molecule has 3 rings (SSSR count). The molecular weight excluding hydrogens is 421 g/mol. The van der Waals surface area contributed by atoms with Gasteiger partial charge in [-0.1, -0.05) is 0 Å². The minimum absolute atomic E-state index is 0.168. The summed E-state index contributed by atoms with van der Waals surface area (Å²) in [7, 11) is 3.18. The van der Waals surface area contributed by atoms with Crippen LogP contribution in [0.2, 0.25) is 0 Å². The Balaban J connectivity index is 2.03. The van der Waals surface area contributed by atoms with E-state index in [4.69, 9.17) is 12.5 Å². The molecule has 4 atom stereocenters. The minimum atomic E-state index is -0.955. The molecule has 3 N–H and O–H groups in total. The fraction of sp³-hybridized carbons (Fsp3) is 0.583. The molecule has 3 heterocycles. The summed E-state index contributed by atoms with van der Waals surface area (Å²) in [4.78, 5) is 22.9. The van der Waals surface area contributed by atoms with Crippen molar-refractivity contribution < 1.29 is 17.6 Å². The number of aliphatic hydroxyl groups excluding tert-OH is 1. The molecule has 126 valence electrons. The SMILES string of the molecule is CNc1nc2c(ncn2[C@@H]2O[C@H](COC)C(OI)C2O)c(=O)[nH]1. The van der Waals surface area contributed by atoms with Gasteiger partial charge in [0.05, 0.1) is 12.9 Å². The lowest BCUT2D eigenvalue weighted by Crippen LogP contribution is -2.34. The van der Waals surface area contributed by atoms with Gasteiger partial charge in [0.1, 0.15) is 41.3 Å². The van der Waals surface area contributed by atoms with Gasteiger partial charge in [0, 0.05) is 14.2 Å². The molecule has 10 nitrogen and oxygen atoms in total. The number of hydrogen-bond donors (Lipinski definition) is 3. The topological polar surface area (TPSA) is 124 Å². The highest BCUT2D eigenvalue weighted by Crippen LogP contribution is 2.33. The number of methoxy groups -OCH3 is 1. The average molecular weight is 437 g/mol. The van der Waals surface area contributed by atoms with E-state index in [1.807, 2.05) is 0 Å². The number of anilines is 1. The number of halogens is 1. The van der Waals surface area contributed by atoms with Crippen LogP contribution in [0.15, 0.2) is 11.1 Å². The molecule has 1 aliphatic heterocycles. The van der Waals surface area contributed by atoms with E-state index in [1.165, 1.54) is 10.9 Å². The summed E-state index contributed by atoms with van der Waals surface area (Å²) < 4.78 is 17.7. The molecule has 2 aromatic heterocycles. The Bertz CT molecular complexity index is 749. The van der Waals surface area contributed by atoms with Crippen LogP contribution < -0.4 is 10.9 Å². The summed E-state index contributed by atoms with van der Waals surface area (Å²) in [6.07, 6.45) is -1.33. The summed E-state index contributed by atoms with van der Waals surface area (Å²) in [5.74, 6) is 0.298. The second-order valence-corrected chi connectivity index (χ2v) is 5.56. The van der Waals surface area contributed by atoms with E-state index in [-0.39, 0.29) is 17.7 Å². The Hall–Kier alpha value is -1.28. The maximum absolute atomic E-state index is 12.0.